The van der Waals surface area contributed by atoms with Crippen LogP contribution in [0.2, 0.25) is 5.02 Å². The number of halogens is 1. The van der Waals surface area contributed by atoms with Gasteiger partial charge in [0.25, 0.3) is 0 Å². The van der Waals surface area contributed by atoms with Gasteiger partial charge in [-0.1, -0.05) is 23.7 Å². The van der Waals surface area contributed by atoms with E-state index in [9.17, 15) is 9.59 Å². The molecule has 2 saturated heterocycles. The first-order valence-electron chi connectivity index (χ1n) is 10.9. The quantitative estimate of drug-likeness (QED) is 0.719. The number of hydrogen-bond acceptors (Lipinski definition) is 4. The number of piperidine rings is 1. The smallest absolute Gasteiger partial charge is 0.410 e. The van der Waals surface area contributed by atoms with E-state index < -0.39 is 5.60 Å². The molecule has 2 amide bonds. The Balaban J connectivity index is 1.52. The van der Waals surface area contributed by atoms with Gasteiger partial charge >= 0.3 is 6.09 Å². The van der Waals surface area contributed by atoms with Gasteiger partial charge in [0.2, 0.25) is 5.91 Å². The second kappa shape index (κ2) is 10.0. The van der Waals surface area contributed by atoms with Crippen molar-refractivity contribution in [2.45, 2.75) is 52.2 Å². The minimum absolute atomic E-state index is 0.130. The van der Waals surface area contributed by atoms with Crippen molar-refractivity contribution in [2.24, 2.45) is 5.92 Å². The van der Waals surface area contributed by atoms with Crippen LogP contribution < -0.4 is 0 Å². The standard InChI is InChI=1S/C23H34ClN3O3/c1-23(2,3)30-22(29)27-12-4-6-19(17-27)21(28)26-13-5-11-25(14-15-26)16-18-7-9-20(24)10-8-18/h7-10,19H,4-6,11-17H2,1-3H3. The number of rotatable bonds is 3. The average Bonchev–Trinajstić information content (AvgIpc) is 2.93. The maximum absolute atomic E-state index is 13.2. The van der Waals surface area contributed by atoms with Gasteiger partial charge < -0.3 is 14.5 Å². The Bertz CT molecular complexity index is 732. The second-order valence-corrected chi connectivity index (χ2v) is 9.78. The molecular weight excluding hydrogens is 402 g/mol. The van der Waals surface area contributed by atoms with E-state index in [1.165, 1.54) is 5.56 Å². The predicted molar refractivity (Wildman–Crippen MR) is 118 cm³/mol. The minimum Gasteiger partial charge on any atom is -0.444 e. The van der Waals surface area contributed by atoms with E-state index in [2.05, 4.69) is 17.0 Å². The van der Waals surface area contributed by atoms with Crippen LogP contribution in [0.5, 0.6) is 0 Å². The van der Waals surface area contributed by atoms with E-state index in [4.69, 9.17) is 16.3 Å². The third kappa shape index (κ3) is 6.61. The van der Waals surface area contributed by atoms with Crippen LogP contribution in [0.4, 0.5) is 4.79 Å². The predicted octanol–water partition coefficient (Wildman–Crippen LogP) is 4.02. The topological polar surface area (TPSA) is 53.1 Å². The monoisotopic (exact) mass is 435 g/mol. The van der Waals surface area contributed by atoms with Crippen LogP contribution in [0.15, 0.2) is 24.3 Å². The lowest BCUT2D eigenvalue weighted by Gasteiger charge is -2.35. The van der Waals surface area contributed by atoms with Gasteiger partial charge in [0, 0.05) is 50.8 Å². The molecule has 0 radical (unpaired) electrons. The molecule has 0 N–H and O–H groups in total. The molecular formula is C23H34ClN3O3. The number of likely N-dealkylation sites (tertiary alicyclic amines) is 1. The molecule has 3 rings (SSSR count). The Morgan fingerprint density at radius 3 is 2.40 bits per heavy atom. The third-order valence-electron chi connectivity index (χ3n) is 5.64. The zero-order valence-corrected chi connectivity index (χ0v) is 19.2. The van der Waals surface area contributed by atoms with Crippen LogP contribution in [-0.4, -0.2) is 71.6 Å². The van der Waals surface area contributed by atoms with Crippen LogP contribution in [-0.2, 0) is 16.1 Å². The van der Waals surface area contributed by atoms with Crippen molar-refractivity contribution in [2.75, 3.05) is 39.3 Å². The van der Waals surface area contributed by atoms with Gasteiger partial charge in [-0.15, -0.1) is 0 Å². The number of nitrogens with zero attached hydrogens (tertiary/aromatic N) is 3. The lowest BCUT2D eigenvalue weighted by atomic mass is 9.96. The van der Waals surface area contributed by atoms with Crippen LogP contribution in [0.25, 0.3) is 0 Å². The molecule has 1 unspecified atom stereocenters. The number of hydrogen-bond donors (Lipinski definition) is 0. The average molecular weight is 436 g/mol. The fraction of sp³-hybridized carbons (Fsp3) is 0.652. The number of amides is 2. The summed E-state index contributed by atoms with van der Waals surface area (Å²) in [5.74, 6) is 0.0469. The largest absolute Gasteiger partial charge is 0.444 e. The lowest BCUT2D eigenvalue weighted by Crippen LogP contribution is -2.48. The van der Waals surface area contributed by atoms with E-state index in [0.29, 0.717) is 13.1 Å². The molecule has 2 aliphatic heterocycles. The first-order chi connectivity index (χ1) is 14.2. The molecule has 2 aliphatic rings. The Labute approximate surface area is 185 Å². The third-order valence-corrected chi connectivity index (χ3v) is 5.89. The summed E-state index contributed by atoms with van der Waals surface area (Å²) in [6, 6.07) is 7.96. The molecule has 0 saturated carbocycles. The highest BCUT2D eigenvalue weighted by atomic mass is 35.5. The first kappa shape index (κ1) is 22.9. The summed E-state index contributed by atoms with van der Waals surface area (Å²) in [6.07, 6.45) is 2.32. The van der Waals surface area contributed by atoms with Gasteiger partial charge in [0.1, 0.15) is 5.60 Å². The zero-order chi connectivity index (χ0) is 21.7. The van der Waals surface area contributed by atoms with Crippen molar-refractivity contribution < 1.29 is 14.3 Å². The molecule has 1 atom stereocenters. The molecule has 2 fully saturated rings. The molecule has 6 nitrogen and oxygen atoms in total. The van der Waals surface area contributed by atoms with Crippen molar-refractivity contribution >= 4 is 23.6 Å². The molecule has 30 heavy (non-hydrogen) atoms. The molecule has 0 aromatic heterocycles. The minimum atomic E-state index is -0.521. The molecule has 0 spiro atoms. The number of carbonyl (C=O) groups excluding carboxylic acids is 2. The highest BCUT2D eigenvalue weighted by molar-refractivity contribution is 6.30. The fourth-order valence-corrected chi connectivity index (χ4v) is 4.25. The van der Waals surface area contributed by atoms with Crippen molar-refractivity contribution in [1.29, 1.82) is 0 Å². The molecule has 1 aromatic carbocycles. The van der Waals surface area contributed by atoms with Crippen molar-refractivity contribution in [3.8, 4) is 0 Å². The van der Waals surface area contributed by atoms with E-state index >= 15 is 0 Å². The Morgan fingerprint density at radius 2 is 1.70 bits per heavy atom. The molecule has 0 aliphatic carbocycles. The van der Waals surface area contributed by atoms with Crippen LogP contribution in [0.1, 0.15) is 45.6 Å². The molecule has 0 bridgehead atoms. The first-order valence-corrected chi connectivity index (χ1v) is 11.3. The highest BCUT2D eigenvalue weighted by Crippen LogP contribution is 2.22. The van der Waals surface area contributed by atoms with Gasteiger partial charge in [-0.3, -0.25) is 9.69 Å². The Morgan fingerprint density at radius 1 is 1.00 bits per heavy atom. The molecule has 1 aromatic rings. The van der Waals surface area contributed by atoms with Crippen molar-refractivity contribution in [3.63, 3.8) is 0 Å². The van der Waals surface area contributed by atoms with E-state index in [-0.39, 0.29) is 17.9 Å². The van der Waals surface area contributed by atoms with Gasteiger partial charge in [0.15, 0.2) is 0 Å². The van der Waals surface area contributed by atoms with Crippen molar-refractivity contribution in [1.82, 2.24) is 14.7 Å². The molecule has 166 valence electrons. The van der Waals surface area contributed by atoms with E-state index in [1.54, 1.807) is 4.90 Å². The summed E-state index contributed by atoms with van der Waals surface area (Å²) < 4.78 is 5.50. The zero-order valence-electron chi connectivity index (χ0n) is 18.4. The highest BCUT2D eigenvalue weighted by Gasteiger charge is 2.33. The number of carbonyl (C=O) groups is 2. The Kier molecular flexibility index (Phi) is 7.64. The van der Waals surface area contributed by atoms with Gasteiger partial charge in [-0.05, 0) is 57.7 Å². The SMILES string of the molecule is CC(C)(C)OC(=O)N1CCCC(C(=O)N2CCCN(Cc3ccc(Cl)cc3)CC2)C1. The maximum Gasteiger partial charge on any atom is 0.410 e. The van der Waals surface area contributed by atoms with Crippen LogP contribution in [0.3, 0.4) is 0 Å². The van der Waals surface area contributed by atoms with Crippen LogP contribution >= 0.6 is 11.6 Å². The summed E-state index contributed by atoms with van der Waals surface area (Å²) in [5, 5.41) is 0.749. The van der Waals surface area contributed by atoms with Gasteiger partial charge in [-0.2, -0.15) is 0 Å². The number of benzene rings is 1. The maximum atomic E-state index is 13.2. The van der Waals surface area contributed by atoms with Gasteiger partial charge in [0.05, 0.1) is 5.92 Å². The molecule has 7 heteroatoms. The molecule has 2 heterocycles. The summed E-state index contributed by atoms with van der Waals surface area (Å²) >= 11 is 5.98. The van der Waals surface area contributed by atoms with Crippen molar-refractivity contribution in [3.05, 3.63) is 34.9 Å². The normalized spacial score (nSPS) is 21.3. The van der Waals surface area contributed by atoms with Gasteiger partial charge in [-0.25, -0.2) is 4.79 Å². The fourth-order valence-electron chi connectivity index (χ4n) is 4.13. The summed E-state index contributed by atoms with van der Waals surface area (Å²) in [5.41, 5.74) is 0.714. The lowest BCUT2D eigenvalue weighted by molar-refractivity contribution is -0.137. The summed E-state index contributed by atoms with van der Waals surface area (Å²) in [6.45, 7) is 10.9. The van der Waals surface area contributed by atoms with Crippen LogP contribution in [0, 0.1) is 5.92 Å². The van der Waals surface area contributed by atoms with E-state index in [0.717, 1.165) is 57.0 Å². The Hall–Kier alpha value is -1.79. The number of ether oxygens (including phenoxy) is 1. The second-order valence-electron chi connectivity index (χ2n) is 9.35. The van der Waals surface area contributed by atoms with E-state index in [1.807, 2.05) is 37.8 Å². The summed E-state index contributed by atoms with van der Waals surface area (Å²) in [7, 11) is 0. The summed E-state index contributed by atoms with van der Waals surface area (Å²) in [4.78, 5) is 31.7.